The predicted molar refractivity (Wildman–Crippen MR) is 113 cm³/mol. The first kappa shape index (κ1) is 17.3. The van der Waals surface area contributed by atoms with Crippen molar-refractivity contribution in [3.63, 3.8) is 0 Å². The lowest BCUT2D eigenvalue weighted by atomic mass is 9.98. The number of nitrogen functional groups attached to an aromatic ring is 1. The van der Waals surface area contributed by atoms with E-state index in [1.807, 2.05) is 19.2 Å². The summed E-state index contributed by atoms with van der Waals surface area (Å²) in [6.07, 6.45) is 0. The van der Waals surface area contributed by atoms with Gasteiger partial charge in [-0.2, -0.15) is 4.57 Å². The van der Waals surface area contributed by atoms with E-state index in [1.54, 1.807) is 5.01 Å². The van der Waals surface area contributed by atoms with E-state index in [-0.39, 0.29) is 0 Å². The molecule has 27 heavy (non-hydrogen) atoms. The second-order valence-corrected chi connectivity index (χ2v) is 6.68. The Morgan fingerprint density at radius 3 is 2.33 bits per heavy atom. The summed E-state index contributed by atoms with van der Waals surface area (Å²) in [7, 11) is 1.86. The van der Waals surface area contributed by atoms with Crippen LogP contribution in [0.5, 0.6) is 0 Å². The standard InChI is InChI=1S/C22H24N5/c1-3-27-21-14-17(26(2)24)10-12-19(21)18-11-9-16(25-23)13-20(18)22(27)15-7-5-4-6-8-15/h4-14,25H,3,23-24H2,1-2H3/q+1. The molecular weight excluding hydrogens is 334 g/mol. The lowest BCUT2D eigenvalue weighted by Crippen LogP contribution is -2.36. The fourth-order valence-electron chi connectivity index (χ4n) is 3.76. The molecule has 0 saturated heterocycles. The Morgan fingerprint density at radius 1 is 0.926 bits per heavy atom. The van der Waals surface area contributed by atoms with Gasteiger partial charge in [0.2, 0.25) is 11.2 Å². The van der Waals surface area contributed by atoms with Crippen LogP contribution in [-0.4, -0.2) is 7.05 Å². The average Bonchev–Trinajstić information content (AvgIpc) is 2.72. The van der Waals surface area contributed by atoms with E-state index in [0.717, 1.165) is 23.4 Å². The molecule has 0 atom stereocenters. The van der Waals surface area contributed by atoms with Gasteiger partial charge in [0.25, 0.3) is 0 Å². The largest absolute Gasteiger partial charge is 0.324 e. The number of aryl methyl sites for hydroxylation is 1. The van der Waals surface area contributed by atoms with Gasteiger partial charge in [-0.1, -0.05) is 24.3 Å². The number of nitrogens with zero attached hydrogens (tertiary/aromatic N) is 2. The van der Waals surface area contributed by atoms with Gasteiger partial charge in [-0.25, -0.2) is 5.84 Å². The van der Waals surface area contributed by atoms with Crippen molar-refractivity contribution in [2.24, 2.45) is 11.7 Å². The molecule has 5 heteroatoms. The van der Waals surface area contributed by atoms with Gasteiger partial charge in [-0.3, -0.25) is 5.84 Å². The second kappa shape index (κ2) is 6.87. The summed E-state index contributed by atoms with van der Waals surface area (Å²) in [5.41, 5.74) is 8.15. The van der Waals surface area contributed by atoms with Crippen molar-refractivity contribution < 1.29 is 4.57 Å². The Bertz CT molecular complexity index is 1120. The molecule has 1 aromatic heterocycles. The van der Waals surface area contributed by atoms with Crippen molar-refractivity contribution in [1.82, 2.24) is 0 Å². The number of anilines is 2. The minimum absolute atomic E-state index is 0.842. The van der Waals surface area contributed by atoms with Crippen LogP contribution in [-0.2, 0) is 6.54 Å². The van der Waals surface area contributed by atoms with Crippen LogP contribution in [0.2, 0.25) is 0 Å². The molecule has 4 rings (SSSR count). The highest BCUT2D eigenvalue weighted by Crippen LogP contribution is 2.34. The highest BCUT2D eigenvalue weighted by atomic mass is 15.4. The third-order valence-electron chi connectivity index (χ3n) is 5.04. The van der Waals surface area contributed by atoms with Gasteiger partial charge in [-0.05, 0) is 43.3 Å². The van der Waals surface area contributed by atoms with Crippen LogP contribution in [0.4, 0.5) is 11.4 Å². The van der Waals surface area contributed by atoms with Crippen LogP contribution in [0.25, 0.3) is 32.9 Å². The summed E-state index contributed by atoms with van der Waals surface area (Å²) in [4.78, 5) is 0. The summed E-state index contributed by atoms with van der Waals surface area (Å²) in [6.45, 7) is 3.01. The number of rotatable bonds is 4. The summed E-state index contributed by atoms with van der Waals surface area (Å²) >= 11 is 0. The van der Waals surface area contributed by atoms with Crippen molar-refractivity contribution in [3.8, 4) is 11.3 Å². The number of hydrogen-bond acceptors (Lipinski definition) is 4. The molecule has 5 nitrogen and oxygen atoms in total. The van der Waals surface area contributed by atoms with E-state index in [9.17, 15) is 0 Å². The molecular formula is C22H24N5+. The number of benzene rings is 3. The van der Waals surface area contributed by atoms with E-state index >= 15 is 0 Å². The van der Waals surface area contributed by atoms with Crippen molar-refractivity contribution in [2.45, 2.75) is 13.5 Å². The molecule has 0 aliphatic rings. The van der Waals surface area contributed by atoms with Crippen molar-refractivity contribution in [1.29, 1.82) is 0 Å². The highest BCUT2D eigenvalue weighted by molar-refractivity contribution is 6.10. The van der Waals surface area contributed by atoms with Crippen LogP contribution in [0.15, 0.2) is 66.7 Å². The molecule has 0 saturated carbocycles. The van der Waals surface area contributed by atoms with Crippen molar-refractivity contribution in [2.75, 3.05) is 17.5 Å². The zero-order valence-electron chi connectivity index (χ0n) is 15.6. The van der Waals surface area contributed by atoms with Gasteiger partial charge < -0.3 is 10.4 Å². The van der Waals surface area contributed by atoms with E-state index in [2.05, 4.69) is 71.5 Å². The molecule has 0 amide bonds. The monoisotopic (exact) mass is 358 g/mol. The van der Waals surface area contributed by atoms with Crippen LogP contribution in [0.3, 0.4) is 0 Å². The smallest absolute Gasteiger partial charge is 0.220 e. The SMILES string of the molecule is CC[n+]1c(-c2ccccc2)c2cc(NN)ccc2c2ccc(N(C)N)cc21. The quantitative estimate of drug-likeness (QED) is 0.226. The lowest BCUT2D eigenvalue weighted by Gasteiger charge is -2.15. The van der Waals surface area contributed by atoms with Crippen LogP contribution in [0, 0.1) is 0 Å². The Kier molecular flexibility index (Phi) is 4.39. The normalized spacial score (nSPS) is 11.1. The summed E-state index contributed by atoms with van der Waals surface area (Å²) in [6, 6.07) is 23.1. The maximum Gasteiger partial charge on any atom is 0.220 e. The first-order valence-electron chi connectivity index (χ1n) is 9.07. The Morgan fingerprint density at radius 2 is 1.67 bits per heavy atom. The molecule has 0 radical (unpaired) electrons. The number of pyridine rings is 1. The fraction of sp³-hybridized carbons (Fsp3) is 0.136. The average molecular weight is 358 g/mol. The van der Waals surface area contributed by atoms with Crippen LogP contribution < -0.4 is 26.7 Å². The third kappa shape index (κ3) is 2.87. The molecule has 0 bridgehead atoms. The molecule has 1 heterocycles. The summed E-state index contributed by atoms with van der Waals surface area (Å²) in [5.74, 6) is 11.7. The van der Waals surface area contributed by atoms with E-state index in [0.29, 0.717) is 0 Å². The molecule has 0 spiro atoms. The maximum atomic E-state index is 6.00. The van der Waals surface area contributed by atoms with Crippen molar-refractivity contribution in [3.05, 3.63) is 66.7 Å². The molecule has 5 N–H and O–H groups in total. The minimum Gasteiger partial charge on any atom is -0.324 e. The number of nitrogens with one attached hydrogen (secondary N) is 1. The van der Waals surface area contributed by atoms with E-state index in [4.69, 9.17) is 11.7 Å². The van der Waals surface area contributed by atoms with Gasteiger partial charge in [-0.15, -0.1) is 0 Å². The van der Waals surface area contributed by atoms with Crippen LogP contribution >= 0.6 is 0 Å². The molecule has 0 aliphatic carbocycles. The van der Waals surface area contributed by atoms with Gasteiger partial charge in [0, 0.05) is 29.8 Å². The van der Waals surface area contributed by atoms with Gasteiger partial charge in [0.1, 0.15) is 6.54 Å². The molecule has 0 aliphatic heterocycles. The zero-order valence-corrected chi connectivity index (χ0v) is 15.6. The number of aromatic nitrogens is 1. The number of hydrazine groups is 2. The first-order valence-corrected chi connectivity index (χ1v) is 9.07. The topological polar surface area (TPSA) is 71.2 Å². The van der Waals surface area contributed by atoms with E-state index < -0.39 is 0 Å². The first-order chi connectivity index (χ1) is 13.1. The number of fused-ring (bicyclic) bond motifs is 3. The molecule has 3 aromatic carbocycles. The van der Waals surface area contributed by atoms with Crippen molar-refractivity contribution >= 4 is 33.1 Å². The van der Waals surface area contributed by atoms with Gasteiger partial charge in [0.05, 0.1) is 16.5 Å². The molecule has 0 fully saturated rings. The Hall–Kier alpha value is -3.15. The summed E-state index contributed by atoms with van der Waals surface area (Å²) < 4.78 is 2.35. The van der Waals surface area contributed by atoms with Gasteiger partial charge in [0.15, 0.2) is 0 Å². The Labute approximate surface area is 158 Å². The molecule has 4 aromatic rings. The third-order valence-corrected chi connectivity index (χ3v) is 5.04. The Balaban J connectivity index is 2.21. The number of hydrogen-bond donors (Lipinski definition) is 3. The summed E-state index contributed by atoms with van der Waals surface area (Å²) in [5, 5.41) is 5.20. The minimum atomic E-state index is 0.842. The second-order valence-electron chi connectivity index (χ2n) is 6.68. The fourth-order valence-corrected chi connectivity index (χ4v) is 3.76. The highest BCUT2D eigenvalue weighted by Gasteiger charge is 2.23. The predicted octanol–water partition coefficient (Wildman–Crippen LogP) is 3.56. The lowest BCUT2D eigenvalue weighted by molar-refractivity contribution is -0.655. The zero-order chi connectivity index (χ0) is 19.0. The maximum absolute atomic E-state index is 6.00. The number of nitrogens with two attached hydrogens (primary N) is 2. The molecule has 0 unspecified atom stereocenters. The van der Waals surface area contributed by atoms with Gasteiger partial charge >= 0.3 is 0 Å². The van der Waals surface area contributed by atoms with E-state index in [1.165, 1.54) is 27.4 Å². The molecule has 136 valence electrons. The van der Waals surface area contributed by atoms with Crippen LogP contribution in [0.1, 0.15) is 6.92 Å².